The van der Waals surface area contributed by atoms with E-state index in [9.17, 15) is 14.3 Å². The Hall–Kier alpha value is -2.78. The summed E-state index contributed by atoms with van der Waals surface area (Å²) in [5, 5.41) is 13.6. The van der Waals surface area contributed by atoms with Crippen molar-refractivity contribution < 1.29 is 14.3 Å². The summed E-state index contributed by atoms with van der Waals surface area (Å²) in [7, 11) is 0. The van der Waals surface area contributed by atoms with Crippen LogP contribution in [-0.2, 0) is 4.79 Å². The SMILES string of the molecule is N[C@]1(C(=O)O)CCCC[C@H]1Nc1nc(-c2c[nH]c3ncc(Cl)cc23)ncc1F. The number of hydrogen-bond acceptors (Lipinski definition) is 6. The molecular weight excluding hydrogens is 387 g/mol. The minimum atomic E-state index is -1.48. The normalized spacial score (nSPS) is 22.3. The number of carbonyl (C=O) groups is 1. The van der Waals surface area contributed by atoms with E-state index >= 15 is 0 Å². The lowest BCUT2D eigenvalue weighted by Crippen LogP contribution is -2.61. The van der Waals surface area contributed by atoms with Gasteiger partial charge in [-0.2, -0.15) is 0 Å². The van der Waals surface area contributed by atoms with Crippen LogP contribution in [0.15, 0.2) is 24.7 Å². The zero-order valence-electron chi connectivity index (χ0n) is 14.7. The molecule has 0 aliphatic heterocycles. The summed E-state index contributed by atoms with van der Waals surface area (Å²) < 4.78 is 14.4. The van der Waals surface area contributed by atoms with Crippen molar-refractivity contribution in [1.82, 2.24) is 19.9 Å². The fourth-order valence-electron chi connectivity index (χ4n) is 3.58. The number of fused-ring (bicyclic) bond motifs is 1. The number of aromatic nitrogens is 4. The monoisotopic (exact) mass is 404 g/mol. The summed E-state index contributed by atoms with van der Waals surface area (Å²) in [6.07, 6.45) is 6.55. The summed E-state index contributed by atoms with van der Waals surface area (Å²) in [5.74, 6) is -1.62. The molecule has 0 spiro atoms. The Kier molecular flexibility index (Phi) is 4.64. The first kappa shape index (κ1) is 18.6. The minimum Gasteiger partial charge on any atom is -0.480 e. The highest BCUT2D eigenvalue weighted by Crippen LogP contribution is 2.31. The van der Waals surface area contributed by atoms with Crippen LogP contribution in [0.4, 0.5) is 10.2 Å². The van der Waals surface area contributed by atoms with E-state index in [-0.39, 0.29) is 11.6 Å². The molecule has 1 aliphatic carbocycles. The van der Waals surface area contributed by atoms with Gasteiger partial charge in [-0.15, -0.1) is 0 Å². The highest BCUT2D eigenvalue weighted by molar-refractivity contribution is 6.31. The molecule has 3 aromatic rings. The van der Waals surface area contributed by atoms with Crippen LogP contribution in [0.25, 0.3) is 22.4 Å². The number of rotatable bonds is 4. The van der Waals surface area contributed by atoms with Crippen molar-refractivity contribution in [2.75, 3.05) is 5.32 Å². The molecule has 0 unspecified atom stereocenters. The van der Waals surface area contributed by atoms with Gasteiger partial charge in [0.15, 0.2) is 17.5 Å². The van der Waals surface area contributed by atoms with E-state index in [1.54, 1.807) is 12.3 Å². The molecule has 10 heteroatoms. The van der Waals surface area contributed by atoms with Gasteiger partial charge in [-0.3, -0.25) is 4.79 Å². The lowest BCUT2D eigenvalue weighted by atomic mass is 9.78. The quantitative estimate of drug-likeness (QED) is 0.526. The molecule has 4 rings (SSSR count). The van der Waals surface area contributed by atoms with Crippen LogP contribution in [-0.4, -0.2) is 42.6 Å². The van der Waals surface area contributed by atoms with Gasteiger partial charge in [0.05, 0.1) is 17.3 Å². The molecule has 3 aromatic heterocycles. The third-order valence-corrected chi connectivity index (χ3v) is 5.35. The molecule has 0 amide bonds. The molecule has 0 saturated heterocycles. The van der Waals surface area contributed by atoms with Gasteiger partial charge in [0.2, 0.25) is 0 Å². The van der Waals surface area contributed by atoms with E-state index in [1.165, 1.54) is 6.20 Å². The number of H-pyrrole nitrogens is 1. The van der Waals surface area contributed by atoms with E-state index in [2.05, 4.69) is 25.3 Å². The highest BCUT2D eigenvalue weighted by Gasteiger charge is 2.44. The van der Waals surface area contributed by atoms with Gasteiger partial charge in [-0.05, 0) is 18.9 Å². The van der Waals surface area contributed by atoms with E-state index in [0.29, 0.717) is 40.9 Å². The maximum atomic E-state index is 14.4. The number of pyridine rings is 1. The summed E-state index contributed by atoms with van der Waals surface area (Å²) in [5.41, 5.74) is 5.84. The van der Waals surface area contributed by atoms with Crippen LogP contribution in [0.1, 0.15) is 25.7 Å². The van der Waals surface area contributed by atoms with Crippen molar-refractivity contribution >= 4 is 34.4 Å². The third kappa shape index (κ3) is 3.16. The maximum Gasteiger partial charge on any atom is 0.325 e. The molecule has 8 nitrogen and oxygen atoms in total. The van der Waals surface area contributed by atoms with Crippen LogP contribution in [0, 0.1) is 5.82 Å². The van der Waals surface area contributed by atoms with E-state index in [1.807, 2.05) is 0 Å². The Morgan fingerprint density at radius 2 is 2.21 bits per heavy atom. The number of anilines is 1. The molecule has 5 N–H and O–H groups in total. The Morgan fingerprint density at radius 1 is 1.39 bits per heavy atom. The molecule has 1 fully saturated rings. The van der Waals surface area contributed by atoms with Crippen molar-refractivity contribution in [3.8, 4) is 11.4 Å². The fourth-order valence-corrected chi connectivity index (χ4v) is 3.74. The molecule has 1 aliphatic rings. The predicted octanol–water partition coefficient (Wildman–Crippen LogP) is 2.95. The van der Waals surface area contributed by atoms with Crippen LogP contribution >= 0.6 is 11.6 Å². The summed E-state index contributed by atoms with van der Waals surface area (Å²) in [6, 6.07) is 1.07. The molecule has 2 atom stereocenters. The minimum absolute atomic E-state index is 0.0858. The smallest absolute Gasteiger partial charge is 0.325 e. The van der Waals surface area contributed by atoms with Crippen LogP contribution in [0.3, 0.4) is 0 Å². The Balaban J connectivity index is 1.71. The van der Waals surface area contributed by atoms with Crippen LogP contribution in [0.2, 0.25) is 5.02 Å². The number of nitrogens with zero attached hydrogens (tertiary/aromatic N) is 3. The molecule has 0 bridgehead atoms. The first-order chi connectivity index (χ1) is 13.4. The number of hydrogen-bond donors (Lipinski definition) is 4. The van der Waals surface area contributed by atoms with E-state index < -0.39 is 23.4 Å². The predicted molar refractivity (Wildman–Crippen MR) is 103 cm³/mol. The second kappa shape index (κ2) is 6.99. The highest BCUT2D eigenvalue weighted by atomic mass is 35.5. The van der Waals surface area contributed by atoms with E-state index in [4.69, 9.17) is 17.3 Å². The fraction of sp³-hybridized carbons (Fsp3) is 0.333. The van der Waals surface area contributed by atoms with Crippen molar-refractivity contribution in [3.63, 3.8) is 0 Å². The molecule has 1 saturated carbocycles. The zero-order chi connectivity index (χ0) is 19.9. The molecular formula is C18H18ClFN6O2. The molecule has 146 valence electrons. The van der Waals surface area contributed by atoms with Crippen molar-refractivity contribution in [3.05, 3.63) is 35.5 Å². The van der Waals surface area contributed by atoms with Gasteiger partial charge >= 0.3 is 5.97 Å². The Morgan fingerprint density at radius 3 is 3.00 bits per heavy atom. The lowest BCUT2D eigenvalue weighted by Gasteiger charge is -2.38. The van der Waals surface area contributed by atoms with Crippen molar-refractivity contribution in [1.29, 1.82) is 0 Å². The number of carboxylic acid groups (broad SMARTS) is 1. The molecule has 3 heterocycles. The summed E-state index contributed by atoms with van der Waals surface area (Å²) in [4.78, 5) is 27.2. The number of nitrogens with two attached hydrogens (primary N) is 1. The molecule has 0 radical (unpaired) electrons. The van der Waals surface area contributed by atoms with Crippen LogP contribution in [0.5, 0.6) is 0 Å². The number of aliphatic carboxylic acids is 1. The first-order valence-corrected chi connectivity index (χ1v) is 9.20. The average molecular weight is 405 g/mol. The van der Waals surface area contributed by atoms with Gasteiger partial charge in [0, 0.05) is 23.3 Å². The lowest BCUT2D eigenvalue weighted by molar-refractivity contribution is -0.145. The molecule has 28 heavy (non-hydrogen) atoms. The number of carboxylic acids is 1. The number of halogens is 2. The van der Waals surface area contributed by atoms with E-state index in [0.717, 1.165) is 12.6 Å². The largest absolute Gasteiger partial charge is 0.480 e. The summed E-state index contributed by atoms with van der Waals surface area (Å²) in [6.45, 7) is 0. The maximum absolute atomic E-state index is 14.4. The van der Waals surface area contributed by atoms with Gasteiger partial charge in [0.25, 0.3) is 0 Å². The van der Waals surface area contributed by atoms with Gasteiger partial charge in [-0.25, -0.2) is 19.3 Å². The summed E-state index contributed by atoms with van der Waals surface area (Å²) >= 11 is 6.02. The second-order valence-electron chi connectivity index (χ2n) is 6.93. The third-order valence-electron chi connectivity index (χ3n) is 5.15. The van der Waals surface area contributed by atoms with Gasteiger partial charge < -0.3 is 21.1 Å². The van der Waals surface area contributed by atoms with Crippen molar-refractivity contribution in [2.45, 2.75) is 37.3 Å². The Bertz CT molecular complexity index is 1060. The number of nitrogens with one attached hydrogen (secondary N) is 2. The van der Waals surface area contributed by atoms with Gasteiger partial charge in [0.1, 0.15) is 11.2 Å². The average Bonchev–Trinajstić information content (AvgIpc) is 3.08. The Labute approximate surface area is 164 Å². The standard InChI is InChI=1S/C18H18ClFN6O2/c19-9-5-10-11(7-23-14(10)22-6-9)15-24-8-12(20)16(26-15)25-13-3-1-2-4-18(13,21)17(27)28/h5-8,13H,1-4,21H2,(H,22,23)(H,27,28)(H,24,25,26)/t13-,18-/m1/s1. The zero-order valence-corrected chi connectivity index (χ0v) is 15.5. The van der Waals surface area contributed by atoms with Crippen molar-refractivity contribution in [2.24, 2.45) is 5.73 Å². The number of aromatic amines is 1. The molecule has 0 aromatic carbocycles. The first-order valence-electron chi connectivity index (χ1n) is 8.83. The van der Waals surface area contributed by atoms with Gasteiger partial charge in [-0.1, -0.05) is 24.4 Å². The topological polar surface area (TPSA) is 130 Å². The van der Waals surface area contributed by atoms with Crippen LogP contribution < -0.4 is 11.1 Å². The second-order valence-corrected chi connectivity index (χ2v) is 7.37.